The van der Waals surface area contributed by atoms with Crippen LogP contribution in [-0.2, 0) is 0 Å². The molecule has 24 heavy (non-hydrogen) atoms. The molecular formula is C18H28IN3OS. The topological polar surface area (TPSA) is 56.7 Å². The standard InChI is InChI=1S/C18H27N3OS.HI/c1-18(2,3)9-10-20-17(19-4)21-12-14(22)16-11-13-7-5-6-8-15(13)23-16;/h5-8,11,14,22H,9-10,12H2,1-4H3,(H2,19,20,21);1H. The zero-order chi connectivity index (χ0) is 16.9. The predicted octanol–water partition coefficient (Wildman–Crippen LogP) is 4.15. The number of aliphatic imine (C=N–C) groups is 1. The molecular weight excluding hydrogens is 433 g/mol. The first-order valence-corrected chi connectivity index (χ1v) is 8.82. The highest BCUT2D eigenvalue weighted by molar-refractivity contribution is 14.0. The van der Waals surface area contributed by atoms with E-state index in [2.05, 4.69) is 54.6 Å². The minimum absolute atomic E-state index is 0. The third-order valence-corrected chi connectivity index (χ3v) is 4.84. The Bertz CT molecular complexity index is 631. The van der Waals surface area contributed by atoms with E-state index in [0.717, 1.165) is 23.8 Å². The zero-order valence-corrected chi connectivity index (χ0v) is 17.9. The Balaban J connectivity index is 0.00000288. The van der Waals surface area contributed by atoms with Crippen molar-refractivity contribution in [1.29, 1.82) is 0 Å². The van der Waals surface area contributed by atoms with Gasteiger partial charge in [-0.25, -0.2) is 0 Å². The van der Waals surface area contributed by atoms with Crippen molar-refractivity contribution in [3.63, 3.8) is 0 Å². The Kier molecular flexibility index (Phi) is 8.45. The van der Waals surface area contributed by atoms with Crippen LogP contribution in [0.1, 0.15) is 38.2 Å². The third-order valence-electron chi connectivity index (χ3n) is 3.63. The molecule has 0 fully saturated rings. The van der Waals surface area contributed by atoms with Crippen LogP contribution in [0.15, 0.2) is 35.3 Å². The fourth-order valence-corrected chi connectivity index (χ4v) is 3.29. The largest absolute Gasteiger partial charge is 0.386 e. The van der Waals surface area contributed by atoms with E-state index >= 15 is 0 Å². The van der Waals surface area contributed by atoms with Gasteiger partial charge in [0.15, 0.2) is 5.96 Å². The molecule has 0 aliphatic rings. The Hall–Kier alpha value is -0.860. The number of nitrogens with one attached hydrogen (secondary N) is 2. The van der Waals surface area contributed by atoms with Gasteiger partial charge in [-0.15, -0.1) is 35.3 Å². The summed E-state index contributed by atoms with van der Waals surface area (Å²) in [7, 11) is 1.75. The molecule has 3 N–H and O–H groups in total. The average molecular weight is 461 g/mol. The molecule has 0 saturated carbocycles. The van der Waals surface area contributed by atoms with Crippen LogP contribution in [0.3, 0.4) is 0 Å². The van der Waals surface area contributed by atoms with Gasteiger partial charge in [0, 0.05) is 29.7 Å². The lowest BCUT2D eigenvalue weighted by Gasteiger charge is -2.20. The third kappa shape index (κ3) is 6.57. The van der Waals surface area contributed by atoms with Crippen molar-refractivity contribution in [3.8, 4) is 0 Å². The fourth-order valence-electron chi connectivity index (χ4n) is 2.24. The molecule has 0 radical (unpaired) electrons. The maximum atomic E-state index is 10.4. The number of halogens is 1. The molecule has 1 atom stereocenters. The summed E-state index contributed by atoms with van der Waals surface area (Å²) >= 11 is 1.64. The summed E-state index contributed by atoms with van der Waals surface area (Å²) in [5.74, 6) is 0.731. The summed E-state index contributed by atoms with van der Waals surface area (Å²) in [5.41, 5.74) is 0.294. The average Bonchev–Trinajstić information content (AvgIpc) is 2.93. The lowest BCUT2D eigenvalue weighted by Crippen LogP contribution is -2.40. The minimum atomic E-state index is -0.534. The van der Waals surface area contributed by atoms with Gasteiger partial charge in [0.25, 0.3) is 0 Å². The second-order valence-electron chi connectivity index (χ2n) is 6.89. The van der Waals surface area contributed by atoms with Gasteiger partial charge in [-0.3, -0.25) is 4.99 Å². The van der Waals surface area contributed by atoms with Crippen molar-refractivity contribution in [1.82, 2.24) is 10.6 Å². The number of hydrogen-bond acceptors (Lipinski definition) is 3. The van der Waals surface area contributed by atoms with Crippen molar-refractivity contribution in [2.75, 3.05) is 20.1 Å². The molecule has 0 spiro atoms. The van der Waals surface area contributed by atoms with Gasteiger partial charge in [0.1, 0.15) is 6.10 Å². The van der Waals surface area contributed by atoms with Crippen molar-refractivity contribution < 1.29 is 5.11 Å². The monoisotopic (exact) mass is 461 g/mol. The van der Waals surface area contributed by atoms with Crippen LogP contribution >= 0.6 is 35.3 Å². The Morgan fingerprint density at radius 1 is 1.25 bits per heavy atom. The molecule has 0 bridgehead atoms. The molecule has 6 heteroatoms. The second-order valence-corrected chi connectivity index (χ2v) is 8.01. The number of thiophene rings is 1. The van der Waals surface area contributed by atoms with Crippen molar-refractivity contribution in [2.45, 2.75) is 33.3 Å². The molecule has 2 aromatic rings. The van der Waals surface area contributed by atoms with Crippen LogP contribution in [-0.4, -0.2) is 31.2 Å². The molecule has 134 valence electrons. The highest BCUT2D eigenvalue weighted by Crippen LogP contribution is 2.29. The molecule has 2 rings (SSSR count). The van der Waals surface area contributed by atoms with E-state index in [9.17, 15) is 5.11 Å². The van der Waals surface area contributed by atoms with E-state index in [1.54, 1.807) is 18.4 Å². The van der Waals surface area contributed by atoms with Gasteiger partial charge in [0.05, 0.1) is 0 Å². The molecule has 1 heterocycles. The molecule has 1 unspecified atom stereocenters. The highest BCUT2D eigenvalue weighted by Gasteiger charge is 2.13. The van der Waals surface area contributed by atoms with E-state index in [1.165, 1.54) is 10.1 Å². The normalized spacial score (nSPS) is 13.5. The van der Waals surface area contributed by atoms with Gasteiger partial charge in [-0.2, -0.15) is 0 Å². The van der Waals surface area contributed by atoms with Crippen molar-refractivity contribution >= 4 is 51.4 Å². The van der Waals surface area contributed by atoms with Crippen LogP contribution in [0.2, 0.25) is 0 Å². The van der Waals surface area contributed by atoms with Gasteiger partial charge < -0.3 is 15.7 Å². The number of aliphatic hydroxyl groups excluding tert-OH is 1. The molecule has 0 aliphatic heterocycles. The maximum Gasteiger partial charge on any atom is 0.191 e. The Labute approximate surface area is 165 Å². The SMILES string of the molecule is CN=C(NCCC(C)(C)C)NCC(O)c1cc2ccccc2s1.I. The number of hydrogen-bond donors (Lipinski definition) is 3. The van der Waals surface area contributed by atoms with E-state index in [-0.39, 0.29) is 24.0 Å². The van der Waals surface area contributed by atoms with Gasteiger partial charge in [-0.05, 0) is 29.4 Å². The van der Waals surface area contributed by atoms with Crippen LogP contribution < -0.4 is 10.6 Å². The van der Waals surface area contributed by atoms with E-state index in [4.69, 9.17) is 0 Å². The van der Waals surface area contributed by atoms with Crippen molar-refractivity contribution in [3.05, 3.63) is 35.2 Å². The van der Waals surface area contributed by atoms with Gasteiger partial charge >= 0.3 is 0 Å². The maximum absolute atomic E-state index is 10.4. The Morgan fingerprint density at radius 2 is 1.96 bits per heavy atom. The lowest BCUT2D eigenvalue weighted by atomic mass is 9.92. The quantitative estimate of drug-likeness (QED) is 0.356. The number of fused-ring (bicyclic) bond motifs is 1. The number of rotatable bonds is 5. The van der Waals surface area contributed by atoms with E-state index in [1.807, 2.05) is 12.1 Å². The first kappa shape index (κ1) is 21.2. The number of guanidine groups is 1. The first-order chi connectivity index (χ1) is 10.9. The van der Waals surface area contributed by atoms with Gasteiger partial charge in [0.2, 0.25) is 0 Å². The number of nitrogens with zero attached hydrogens (tertiary/aromatic N) is 1. The summed E-state index contributed by atoms with van der Waals surface area (Å²) < 4.78 is 1.20. The molecule has 1 aromatic carbocycles. The summed E-state index contributed by atoms with van der Waals surface area (Å²) in [4.78, 5) is 5.18. The van der Waals surface area contributed by atoms with Crippen molar-refractivity contribution in [2.24, 2.45) is 10.4 Å². The lowest BCUT2D eigenvalue weighted by molar-refractivity contribution is 0.184. The fraction of sp³-hybridized carbons (Fsp3) is 0.500. The minimum Gasteiger partial charge on any atom is -0.386 e. The molecule has 0 saturated heterocycles. The summed E-state index contributed by atoms with van der Waals surface area (Å²) in [6.45, 7) is 7.96. The van der Waals surface area contributed by atoms with Gasteiger partial charge in [-0.1, -0.05) is 39.0 Å². The van der Waals surface area contributed by atoms with Crippen LogP contribution in [0.5, 0.6) is 0 Å². The highest BCUT2D eigenvalue weighted by atomic mass is 127. The molecule has 1 aromatic heterocycles. The van der Waals surface area contributed by atoms with Crippen LogP contribution in [0.4, 0.5) is 0 Å². The number of benzene rings is 1. The molecule has 0 aliphatic carbocycles. The summed E-state index contributed by atoms with van der Waals surface area (Å²) in [5, 5.41) is 18.1. The van der Waals surface area contributed by atoms with Crippen LogP contribution in [0, 0.1) is 5.41 Å². The second kappa shape index (κ2) is 9.58. The van der Waals surface area contributed by atoms with E-state index in [0.29, 0.717) is 12.0 Å². The molecule has 0 amide bonds. The summed E-state index contributed by atoms with van der Waals surface area (Å²) in [6.07, 6.45) is 0.528. The molecule has 4 nitrogen and oxygen atoms in total. The smallest absolute Gasteiger partial charge is 0.191 e. The predicted molar refractivity (Wildman–Crippen MR) is 116 cm³/mol. The number of aliphatic hydroxyl groups is 1. The van der Waals surface area contributed by atoms with E-state index < -0.39 is 6.10 Å². The summed E-state index contributed by atoms with van der Waals surface area (Å²) in [6, 6.07) is 10.2. The Morgan fingerprint density at radius 3 is 2.58 bits per heavy atom. The first-order valence-electron chi connectivity index (χ1n) is 8.00. The zero-order valence-electron chi connectivity index (χ0n) is 14.8. The van der Waals surface area contributed by atoms with Crippen LogP contribution in [0.25, 0.3) is 10.1 Å².